The third kappa shape index (κ3) is 6.19. The van der Waals surface area contributed by atoms with E-state index in [0.29, 0.717) is 17.9 Å². The summed E-state index contributed by atoms with van der Waals surface area (Å²) in [6.07, 6.45) is -9.41. The van der Waals surface area contributed by atoms with Crippen molar-refractivity contribution in [1.82, 2.24) is 4.98 Å². The maximum atomic E-state index is 13.9. The predicted molar refractivity (Wildman–Crippen MR) is 101 cm³/mol. The highest BCUT2D eigenvalue weighted by atomic mass is 19.4. The van der Waals surface area contributed by atoms with Gasteiger partial charge in [-0.2, -0.15) is 26.3 Å². The molecule has 3 aromatic rings. The van der Waals surface area contributed by atoms with Crippen LogP contribution in [0.1, 0.15) is 22.7 Å². The molecule has 1 unspecified atom stereocenters. The summed E-state index contributed by atoms with van der Waals surface area (Å²) in [5.41, 5.74) is -1.30. The largest absolute Gasteiger partial charge is 0.436 e. The van der Waals surface area contributed by atoms with Gasteiger partial charge in [0, 0.05) is 0 Å². The normalized spacial score (nSPS) is 13.1. The molecule has 1 aromatic heterocycles. The highest BCUT2D eigenvalue weighted by Crippen LogP contribution is 2.37. The number of pyridine rings is 1. The lowest BCUT2D eigenvalue weighted by atomic mass is 9.98. The lowest BCUT2D eigenvalue weighted by Gasteiger charge is -2.21. The smallest absolute Gasteiger partial charge is 0.416 e. The van der Waals surface area contributed by atoms with Crippen molar-refractivity contribution in [2.75, 3.05) is 6.61 Å². The Bertz CT molecular complexity index is 1020. The zero-order chi connectivity index (χ0) is 23.4. The molecule has 3 nitrogen and oxygen atoms in total. The Morgan fingerprint density at radius 1 is 0.812 bits per heavy atom. The van der Waals surface area contributed by atoms with E-state index in [4.69, 9.17) is 9.47 Å². The van der Waals surface area contributed by atoms with Gasteiger partial charge in [-0.25, -0.2) is 9.37 Å². The zero-order valence-corrected chi connectivity index (χ0v) is 16.3. The van der Waals surface area contributed by atoms with Crippen LogP contribution < -0.4 is 4.74 Å². The molecule has 0 aliphatic heterocycles. The molecular formula is C22H16F7NO2. The lowest BCUT2D eigenvalue weighted by molar-refractivity contribution is -0.163. The first-order valence-corrected chi connectivity index (χ1v) is 9.24. The molecule has 0 saturated carbocycles. The number of hydrogen-bond acceptors (Lipinski definition) is 3. The molecule has 0 aliphatic carbocycles. The fourth-order valence-corrected chi connectivity index (χ4v) is 2.78. The molecule has 32 heavy (non-hydrogen) atoms. The SMILES string of the molecule is Fc1ccc(COCC(c2ccc(C(F)(F)F)cc2)C(F)(F)F)nc1Oc1ccccc1. The van der Waals surface area contributed by atoms with Crippen molar-refractivity contribution in [3.8, 4) is 11.6 Å². The highest BCUT2D eigenvalue weighted by molar-refractivity contribution is 5.29. The average Bonchev–Trinajstić information content (AvgIpc) is 2.73. The summed E-state index contributed by atoms with van der Waals surface area (Å²) in [5.74, 6) is -2.97. The van der Waals surface area contributed by atoms with Crippen molar-refractivity contribution in [3.05, 3.63) is 89.4 Å². The Hall–Kier alpha value is -3.14. The van der Waals surface area contributed by atoms with Crippen molar-refractivity contribution in [3.63, 3.8) is 0 Å². The molecule has 1 atom stereocenters. The lowest BCUT2D eigenvalue weighted by Crippen LogP contribution is -2.25. The number of aromatic nitrogens is 1. The van der Waals surface area contributed by atoms with Gasteiger partial charge in [0.25, 0.3) is 5.88 Å². The van der Waals surface area contributed by atoms with E-state index in [1.807, 2.05) is 0 Å². The molecule has 1 heterocycles. The van der Waals surface area contributed by atoms with Gasteiger partial charge >= 0.3 is 12.4 Å². The fraction of sp³-hybridized carbons (Fsp3) is 0.227. The molecular weight excluding hydrogens is 443 g/mol. The van der Waals surface area contributed by atoms with E-state index < -0.39 is 42.9 Å². The quantitative estimate of drug-likeness (QED) is 0.361. The van der Waals surface area contributed by atoms with Gasteiger partial charge in [-0.3, -0.25) is 0 Å². The summed E-state index contributed by atoms with van der Waals surface area (Å²) in [7, 11) is 0. The van der Waals surface area contributed by atoms with Crippen molar-refractivity contribution in [1.29, 1.82) is 0 Å². The summed E-state index contributed by atoms with van der Waals surface area (Å²) in [6, 6.07) is 13.2. The third-order valence-electron chi connectivity index (χ3n) is 4.40. The molecule has 170 valence electrons. The number of alkyl halides is 6. The van der Waals surface area contributed by atoms with Gasteiger partial charge in [-0.15, -0.1) is 0 Å². The number of hydrogen-bond donors (Lipinski definition) is 0. The molecule has 0 N–H and O–H groups in total. The van der Waals surface area contributed by atoms with Gasteiger partial charge < -0.3 is 9.47 Å². The van der Waals surface area contributed by atoms with Crippen molar-refractivity contribution >= 4 is 0 Å². The zero-order valence-electron chi connectivity index (χ0n) is 16.3. The van der Waals surface area contributed by atoms with E-state index in [1.165, 1.54) is 6.07 Å². The molecule has 0 radical (unpaired) electrons. The molecule has 0 amide bonds. The molecule has 0 saturated heterocycles. The van der Waals surface area contributed by atoms with E-state index >= 15 is 0 Å². The molecule has 0 aliphatic rings. The Kier molecular flexibility index (Phi) is 7.02. The van der Waals surface area contributed by atoms with Crippen molar-refractivity contribution < 1.29 is 40.2 Å². The molecule has 2 aromatic carbocycles. The number of rotatable bonds is 7. The van der Waals surface area contributed by atoms with Crippen LogP contribution in [0.3, 0.4) is 0 Å². The van der Waals surface area contributed by atoms with Gasteiger partial charge in [-0.05, 0) is 42.0 Å². The third-order valence-corrected chi connectivity index (χ3v) is 4.40. The van der Waals surface area contributed by atoms with E-state index in [9.17, 15) is 30.7 Å². The van der Waals surface area contributed by atoms with Crippen molar-refractivity contribution in [2.45, 2.75) is 24.9 Å². The Labute approximate surface area is 178 Å². The summed E-state index contributed by atoms with van der Waals surface area (Å²) >= 11 is 0. The molecule has 10 heteroatoms. The minimum Gasteiger partial charge on any atom is -0.436 e. The first-order chi connectivity index (χ1) is 15.0. The summed E-state index contributed by atoms with van der Waals surface area (Å²) in [5, 5.41) is 0. The first-order valence-electron chi connectivity index (χ1n) is 9.24. The monoisotopic (exact) mass is 459 g/mol. The van der Waals surface area contributed by atoms with Crippen LogP contribution in [0.15, 0.2) is 66.7 Å². The maximum Gasteiger partial charge on any atom is 0.416 e. The van der Waals surface area contributed by atoms with Crippen LogP contribution in [0.25, 0.3) is 0 Å². The second kappa shape index (κ2) is 9.56. The van der Waals surface area contributed by atoms with Crippen LogP contribution in [-0.2, 0) is 17.5 Å². The second-order valence-corrected chi connectivity index (χ2v) is 6.73. The van der Waals surface area contributed by atoms with Gasteiger partial charge in [0.2, 0.25) is 0 Å². The fourth-order valence-electron chi connectivity index (χ4n) is 2.78. The summed E-state index contributed by atoms with van der Waals surface area (Å²) < 4.78 is 103. The Morgan fingerprint density at radius 2 is 1.47 bits per heavy atom. The van der Waals surface area contributed by atoms with Crippen LogP contribution in [0.4, 0.5) is 30.7 Å². The minimum absolute atomic E-state index is 0.116. The van der Waals surface area contributed by atoms with Crippen molar-refractivity contribution in [2.24, 2.45) is 0 Å². The predicted octanol–water partition coefficient (Wildman–Crippen LogP) is 6.89. The number of para-hydroxylation sites is 1. The topological polar surface area (TPSA) is 31.4 Å². The number of benzene rings is 2. The second-order valence-electron chi connectivity index (χ2n) is 6.73. The van der Waals surface area contributed by atoms with Gasteiger partial charge in [0.1, 0.15) is 11.7 Å². The van der Waals surface area contributed by atoms with Crippen LogP contribution in [-0.4, -0.2) is 17.8 Å². The minimum atomic E-state index is -4.75. The van der Waals surface area contributed by atoms with Gasteiger partial charge in [0.05, 0.1) is 24.5 Å². The van der Waals surface area contributed by atoms with Gasteiger partial charge in [0.15, 0.2) is 5.82 Å². The Balaban J connectivity index is 1.68. The molecule has 0 spiro atoms. The van der Waals surface area contributed by atoms with E-state index in [2.05, 4.69) is 4.98 Å². The number of halogens is 7. The molecule has 0 bridgehead atoms. The van der Waals surface area contributed by atoms with E-state index in [0.717, 1.165) is 18.2 Å². The summed E-state index contributed by atoms with van der Waals surface area (Å²) in [6.45, 7) is -1.25. The van der Waals surface area contributed by atoms with Crippen LogP contribution in [0.2, 0.25) is 0 Å². The highest BCUT2D eigenvalue weighted by Gasteiger charge is 2.41. The van der Waals surface area contributed by atoms with Gasteiger partial charge in [-0.1, -0.05) is 30.3 Å². The van der Waals surface area contributed by atoms with Crippen LogP contribution >= 0.6 is 0 Å². The standard InChI is InChI=1S/C22H16F7NO2/c23-19-11-10-16(30-20(19)32-17-4-2-1-3-5-17)12-31-13-18(22(27,28)29)14-6-8-15(9-7-14)21(24,25)26/h1-11,18H,12-13H2. The first kappa shape index (κ1) is 23.5. The van der Waals surface area contributed by atoms with E-state index in [-0.39, 0.29) is 17.1 Å². The Morgan fingerprint density at radius 3 is 2.06 bits per heavy atom. The van der Waals surface area contributed by atoms with Crippen LogP contribution in [0.5, 0.6) is 11.6 Å². The molecule has 0 fully saturated rings. The van der Waals surface area contributed by atoms with Crippen LogP contribution in [0, 0.1) is 5.82 Å². The molecule has 3 rings (SSSR count). The number of ether oxygens (including phenoxy) is 2. The van der Waals surface area contributed by atoms with E-state index in [1.54, 1.807) is 30.3 Å². The average molecular weight is 459 g/mol. The number of nitrogens with zero attached hydrogens (tertiary/aromatic N) is 1. The maximum absolute atomic E-state index is 13.9. The summed E-state index contributed by atoms with van der Waals surface area (Å²) in [4.78, 5) is 3.91.